The van der Waals surface area contributed by atoms with Crippen LogP contribution in [0.3, 0.4) is 0 Å². The van der Waals surface area contributed by atoms with Crippen molar-refractivity contribution < 1.29 is 9.90 Å². The summed E-state index contributed by atoms with van der Waals surface area (Å²) in [6.45, 7) is 5.20. The molecule has 0 radical (unpaired) electrons. The molecular weight excluding hydrogens is 216 g/mol. The molecule has 0 unspecified atom stereocenters. The number of carbonyl (C=O) groups is 1. The number of benzene rings is 1. The van der Waals surface area contributed by atoms with E-state index in [1.807, 2.05) is 19.9 Å². The molecule has 1 aliphatic heterocycles. The van der Waals surface area contributed by atoms with Gasteiger partial charge in [0.25, 0.3) is 0 Å². The van der Waals surface area contributed by atoms with Gasteiger partial charge in [-0.3, -0.25) is 0 Å². The molecule has 0 fully saturated rings. The number of amides is 2. The minimum atomic E-state index is -0.0333. The number of aromatic hydroxyl groups is 1. The summed E-state index contributed by atoms with van der Waals surface area (Å²) in [5.74, 6) is 0.259. The second-order valence-electron chi connectivity index (χ2n) is 4.73. The molecule has 0 saturated carbocycles. The van der Waals surface area contributed by atoms with Crippen LogP contribution in [0.5, 0.6) is 5.75 Å². The van der Waals surface area contributed by atoms with Crippen LogP contribution in [0.25, 0.3) is 0 Å². The number of nitrogens with one attached hydrogen (secondary N) is 1. The van der Waals surface area contributed by atoms with Crippen molar-refractivity contribution in [3.63, 3.8) is 0 Å². The van der Waals surface area contributed by atoms with Crippen molar-refractivity contribution in [3.05, 3.63) is 29.3 Å². The van der Waals surface area contributed by atoms with Gasteiger partial charge in [0, 0.05) is 19.1 Å². The van der Waals surface area contributed by atoms with Gasteiger partial charge in [0.2, 0.25) is 0 Å². The highest BCUT2D eigenvalue weighted by Gasteiger charge is 2.20. The Morgan fingerprint density at radius 2 is 2.18 bits per heavy atom. The second kappa shape index (κ2) is 4.65. The summed E-state index contributed by atoms with van der Waals surface area (Å²) in [5.41, 5.74) is 2.26. The maximum absolute atomic E-state index is 11.9. The van der Waals surface area contributed by atoms with Crippen molar-refractivity contribution in [2.75, 3.05) is 6.54 Å². The van der Waals surface area contributed by atoms with E-state index in [4.69, 9.17) is 0 Å². The highest BCUT2D eigenvalue weighted by Crippen LogP contribution is 2.23. The van der Waals surface area contributed by atoms with Gasteiger partial charge >= 0.3 is 6.03 Å². The Morgan fingerprint density at radius 3 is 2.88 bits per heavy atom. The average Bonchev–Trinajstić information content (AvgIpc) is 2.27. The molecule has 1 aromatic rings. The number of phenolic OH excluding ortho intramolecular Hbond substituents is 1. The maximum atomic E-state index is 11.9. The van der Waals surface area contributed by atoms with Crippen LogP contribution in [-0.2, 0) is 13.0 Å². The first-order valence-electron chi connectivity index (χ1n) is 5.92. The first-order valence-corrected chi connectivity index (χ1v) is 5.92. The number of phenols is 1. The third-order valence-electron chi connectivity index (χ3n) is 2.90. The van der Waals surface area contributed by atoms with Gasteiger partial charge in [0.15, 0.2) is 0 Å². The lowest BCUT2D eigenvalue weighted by molar-refractivity contribution is 0.189. The predicted molar refractivity (Wildman–Crippen MR) is 65.9 cm³/mol. The molecule has 2 N–H and O–H groups in total. The Kier molecular flexibility index (Phi) is 3.22. The largest absolute Gasteiger partial charge is 0.508 e. The fourth-order valence-electron chi connectivity index (χ4n) is 2.06. The van der Waals surface area contributed by atoms with E-state index in [1.165, 1.54) is 5.56 Å². The average molecular weight is 234 g/mol. The number of hydrogen-bond acceptors (Lipinski definition) is 2. The quantitative estimate of drug-likeness (QED) is 0.779. The van der Waals surface area contributed by atoms with Crippen molar-refractivity contribution in [1.29, 1.82) is 0 Å². The Balaban J connectivity index is 2.10. The lowest BCUT2D eigenvalue weighted by Crippen LogP contribution is -2.45. The van der Waals surface area contributed by atoms with Crippen LogP contribution >= 0.6 is 0 Å². The molecule has 4 nitrogen and oxygen atoms in total. The predicted octanol–water partition coefficient (Wildman–Crippen LogP) is 1.87. The van der Waals surface area contributed by atoms with Gasteiger partial charge in [-0.2, -0.15) is 0 Å². The topological polar surface area (TPSA) is 52.6 Å². The van der Waals surface area contributed by atoms with Crippen molar-refractivity contribution in [3.8, 4) is 5.75 Å². The van der Waals surface area contributed by atoms with Gasteiger partial charge < -0.3 is 15.3 Å². The molecule has 1 heterocycles. The molecule has 0 atom stereocenters. The SMILES string of the molecule is CC(C)NC(=O)N1CCc2ccc(O)cc2C1. The molecule has 1 aromatic carbocycles. The third-order valence-corrected chi connectivity index (χ3v) is 2.90. The van der Waals surface area contributed by atoms with Gasteiger partial charge in [-0.15, -0.1) is 0 Å². The number of urea groups is 1. The molecule has 2 rings (SSSR count). The molecule has 0 spiro atoms. The van der Waals surface area contributed by atoms with Gasteiger partial charge in [-0.1, -0.05) is 6.07 Å². The van der Waals surface area contributed by atoms with E-state index in [9.17, 15) is 9.90 Å². The molecule has 0 aromatic heterocycles. The number of carbonyl (C=O) groups excluding carboxylic acids is 1. The number of hydrogen-bond donors (Lipinski definition) is 2. The summed E-state index contributed by atoms with van der Waals surface area (Å²) in [5, 5.41) is 12.3. The van der Waals surface area contributed by atoms with Gasteiger partial charge in [-0.25, -0.2) is 4.79 Å². The van der Waals surface area contributed by atoms with Crippen molar-refractivity contribution in [1.82, 2.24) is 10.2 Å². The Morgan fingerprint density at radius 1 is 1.41 bits per heavy atom. The molecule has 2 amide bonds. The lowest BCUT2D eigenvalue weighted by atomic mass is 10.00. The summed E-state index contributed by atoms with van der Waals surface area (Å²) < 4.78 is 0. The van der Waals surface area contributed by atoms with Crippen LogP contribution in [-0.4, -0.2) is 28.6 Å². The van der Waals surface area contributed by atoms with E-state index in [0.29, 0.717) is 6.54 Å². The van der Waals surface area contributed by atoms with Crippen molar-refractivity contribution in [2.45, 2.75) is 32.9 Å². The van der Waals surface area contributed by atoms with E-state index in [2.05, 4.69) is 5.32 Å². The number of fused-ring (bicyclic) bond motifs is 1. The van der Waals surface area contributed by atoms with Crippen LogP contribution in [0.15, 0.2) is 18.2 Å². The highest BCUT2D eigenvalue weighted by atomic mass is 16.3. The van der Waals surface area contributed by atoms with E-state index < -0.39 is 0 Å². The number of nitrogens with zero attached hydrogens (tertiary/aromatic N) is 1. The first-order chi connectivity index (χ1) is 8.06. The molecular formula is C13H18N2O2. The van der Waals surface area contributed by atoms with Gasteiger partial charge in [-0.05, 0) is 43.5 Å². The van der Waals surface area contributed by atoms with Crippen LogP contribution < -0.4 is 5.32 Å². The van der Waals surface area contributed by atoms with Crippen molar-refractivity contribution >= 4 is 6.03 Å². The summed E-state index contributed by atoms with van der Waals surface area (Å²) in [6, 6.07) is 5.48. The summed E-state index contributed by atoms with van der Waals surface area (Å²) in [7, 11) is 0. The van der Waals surface area contributed by atoms with E-state index in [1.54, 1.807) is 17.0 Å². The van der Waals surface area contributed by atoms with Crippen LogP contribution in [0.1, 0.15) is 25.0 Å². The Hall–Kier alpha value is -1.71. The molecule has 0 saturated heterocycles. The summed E-state index contributed by atoms with van der Waals surface area (Å²) in [6.07, 6.45) is 0.848. The fourth-order valence-corrected chi connectivity index (χ4v) is 2.06. The van der Waals surface area contributed by atoms with Gasteiger partial charge in [0.1, 0.15) is 5.75 Å². The zero-order chi connectivity index (χ0) is 12.4. The smallest absolute Gasteiger partial charge is 0.317 e. The zero-order valence-electron chi connectivity index (χ0n) is 10.2. The molecule has 1 aliphatic rings. The molecule has 4 heteroatoms. The van der Waals surface area contributed by atoms with Crippen LogP contribution in [0.4, 0.5) is 4.79 Å². The minimum Gasteiger partial charge on any atom is -0.508 e. The monoisotopic (exact) mass is 234 g/mol. The van der Waals surface area contributed by atoms with Crippen LogP contribution in [0, 0.1) is 0 Å². The normalized spacial score (nSPS) is 14.6. The van der Waals surface area contributed by atoms with Crippen LogP contribution in [0.2, 0.25) is 0 Å². The first kappa shape index (κ1) is 11.8. The van der Waals surface area contributed by atoms with E-state index >= 15 is 0 Å². The summed E-state index contributed by atoms with van der Waals surface area (Å²) >= 11 is 0. The number of rotatable bonds is 1. The zero-order valence-corrected chi connectivity index (χ0v) is 10.2. The van der Waals surface area contributed by atoms with E-state index in [-0.39, 0.29) is 17.8 Å². The molecule has 0 bridgehead atoms. The Labute approximate surface area is 101 Å². The molecule has 92 valence electrons. The second-order valence-corrected chi connectivity index (χ2v) is 4.73. The summed E-state index contributed by atoms with van der Waals surface area (Å²) in [4.78, 5) is 13.6. The minimum absolute atomic E-state index is 0.0333. The van der Waals surface area contributed by atoms with Crippen molar-refractivity contribution in [2.24, 2.45) is 0 Å². The maximum Gasteiger partial charge on any atom is 0.317 e. The fraction of sp³-hybridized carbons (Fsp3) is 0.462. The molecule has 17 heavy (non-hydrogen) atoms. The highest BCUT2D eigenvalue weighted by molar-refractivity contribution is 5.74. The lowest BCUT2D eigenvalue weighted by Gasteiger charge is -2.29. The third kappa shape index (κ3) is 2.70. The Bertz CT molecular complexity index is 429. The standard InChI is InChI=1S/C13H18N2O2/c1-9(2)14-13(17)15-6-5-10-3-4-12(16)7-11(10)8-15/h3-4,7,9,16H,5-6,8H2,1-2H3,(H,14,17). The van der Waals surface area contributed by atoms with E-state index in [0.717, 1.165) is 18.5 Å². The van der Waals surface area contributed by atoms with Gasteiger partial charge in [0.05, 0.1) is 0 Å². The molecule has 0 aliphatic carbocycles.